The van der Waals surface area contributed by atoms with Crippen LogP contribution in [0.1, 0.15) is 6.92 Å². The Balaban J connectivity index is 2.00. The van der Waals surface area contributed by atoms with Crippen LogP contribution in [0.2, 0.25) is 5.02 Å². The minimum absolute atomic E-state index is 0.182. The maximum atomic E-state index is 13.1. The van der Waals surface area contributed by atoms with Gasteiger partial charge in [0, 0.05) is 5.02 Å². The molecule has 0 fully saturated rings. The number of carbonyl (C=O) groups is 2. The standard InChI is InChI=1S/C18H18ClN3O4S/c1-12(22(27(2,25)26)14-9-7-13(19)8-10-14)18(24)21-11-17(23)20-15-5-3-4-6-16(15)21/h3-10,12H,11H2,1-2H3,(H,20,23)/t12-/m1/s1. The van der Waals surface area contributed by atoms with Crippen molar-refractivity contribution in [1.82, 2.24) is 0 Å². The zero-order valence-electron chi connectivity index (χ0n) is 14.7. The van der Waals surface area contributed by atoms with Gasteiger partial charge < -0.3 is 5.32 Å². The van der Waals surface area contributed by atoms with Crippen molar-refractivity contribution in [3.8, 4) is 0 Å². The molecule has 7 nitrogen and oxygen atoms in total. The summed E-state index contributed by atoms with van der Waals surface area (Å²) in [5.74, 6) is -0.843. The first-order valence-corrected chi connectivity index (χ1v) is 10.4. The lowest BCUT2D eigenvalue weighted by Gasteiger charge is -2.35. The van der Waals surface area contributed by atoms with Crippen molar-refractivity contribution in [1.29, 1.82) is 0 Å². The van der Waals surface area contributed by atoms with Crippen molar-refractivity contribution in [2.75, 3.05) is 27.3 Å². The van der Waals surface area contributed by atoms with Crippen molar-refractivity contribution in [3.05, 3.63) is 53.6 Å². The summed E-state index contributed by atoms with van der Waals surface area (Å²) in [4.78, 5) is 26.4. The molecule has 0 bridgehead atoms. The summed E-state index contributed by atoms with van der Waals surface area (Å²) >= 11 is 5.88. The SMILES string of the molecule is C[C@H](C(=O)N1CC(=O)Nc2ccccc21)N(c1ccc(Cl)cc1)S(C)(=O)=O. The number of halogens is 1. The monoisotopic (exact) mass is 407 g/mol. The zero-order chi connectivity index (χ0) is 19.8. The average molecular weight is 408 g/mol. The fourth-order valence-electron chi connectivity index (χ4n) is 3.05. The van der Waals surface area contributed by atoms with E-state index in [2.05, 4.69) is 5.32 Å². The Kier molecular flexibility index (Phi) is 5.12. The summed E-state index contributed by atoms with van der Waals surface area (Å²) < 4.78 is 25.8. The van der Waals surface area contributed by atoms with E-state index in [1.165, 1.54) is 24.0 Å². The highest BCUT2D eigenvalue weighted by Crippen LogP contribution is 2.31. The lowest BCUT2D eigenvalue weighted by Crippen LogP contribution is -2.52. The topological polar surface area (TPSA) is 86.8 Å². The molecule has 0 radical (unpaired) electrons. The first kappa shape index (κ1) is 19.2. The first-order valence-electron chi connectivity index (χ1n) is 8.13. The van der Waals surface area contributed by atoms with Crippen molar-refractivity contribution in [3.63, 3.8) is 0 Å². The molecule has 142 valence electrons. The van der Waals surface area contributed by atoms with Crippen LogP contribution in [-0.4, -0.2) is 39.1 Å². The number of nitrogens with zero attached hydrogens (tertiary/aromatic N) is 2. The summed E-state index contributed by atoms with van der Waals surface area (Å²) in [6.07, 6.45) is 1.03. The van der Waals surface area contributed by atoms with Gasteiger partial charge in [-0.15, -0.1) is 0 Å². The van der Waals surface area contributed by atoms with Gasteiger partial charge in [0.1, 0.15) is 12.6 Å². The number of benzene rings is 2. The fourth-order valence-corrected chi connectivity index (χ4v) is 4.34. The number of amides is 2. The third-order valence-corrected chi connectivity index (χ3v) is 5.68. The van der Waals surface area contributed by atoms with E-state index in [9.17, 15) is 18.0 Å². The first-order chi connectivity index (χ1) is 12.7. The molecule has 1 aliphatic rings. The van der Waals surface area contributed by atoms with E-state index >= 15 is 0 Å². The molecule has 0 aliphatic carbocycles. The van der Waals surface area contributed by atoms with Crippen LogP contribution in [0, 0.1) is 0 Å². The van der Waals surface area contributed by atoms with Gasteiger partial charge in [-0.3, -0.25) is 18.8 Å². The smallest absolute Gasteiger partial charge is 0.251 e. The van der Waals surface area contributed by atoms with Gasteiger partial charge in [0.15, 0.2) is 0 Å². The number of anilines is 3. The van der Waals surface area contributed by atoms with E-state index in [1.54, 1.807) is 36.4 Å². The predicted molar refractivity (Wildman–Crippen MR) is 106 cm³/mol. The molecule has 1 aliphatic heterocycles. The Labute approximate surface area is 162 Å². The van der Waals surface area contributed by atoms with Gasteiger partial charge in [0.05, 0.1) is 23.3 Å². The van der Waals surface area contributed by atoms with E-state index < -0.39 is 22.0 Å². The number of hydrogen-bond acceptors (Lipinski definition) is 4. The van der Waals surface area contributed by atoms with Gasteiger partial charge >= 0.3 is 0 Å². The summed E-state index contributed by atoms with van der Waals surface area (Å²) in [5, 5.41) is 3.15. The molecule has 0 unspecified atom stereocenters. The molecule has 0 saturated heterocycles. The molecule has 2 amide bonds. The molecule has 1 heterocycles. The van der Waals surface area contributed by atoms with Gasteiger partial charge in [-0.2, -0.15) is 0 Å². The Morgan fingerprint density at radius 1 is 1.19 bits per heavy atom. The van der Waals surface area contributed by atoms with E-state index in [0.29, 0.717) is 22.1 Å². The lowest BCUT2D eigenvalue weighted by molar-refractivity contribution is -0.122. The molecule has 1 N–H and O–H groups in total. The summed E-state index contributed by atoms with van der Waals surface area (Å²) in [5.41, 5.74) is 1.35. The van der Waals surface area contributed by atoms with Crippen LogP contribution in [0.25, 0.3) is 0 Å². The lowest BCUT2D eigenvalue weighted by atomic mass is 10.1. The van der Waals surface area contributed by atoms with Crippen molar-refractivity contribution < 1.29 is 18.0 Å². The number of sulfonamides is 1. The molecule has 3 rings (SSSR count). The van der Waals surface area contributed by atoms with Crippen LogP contribution in [-0.2, 0) is 19.6 Å². The summed E-state index contributed by atoms with van der Waals surface area (Å²) in [6.45, 7) is 1.31. The van der Waals surface area contributed by atoms with E-state index in [0.717, 1.165) is 10.6 Å². The maximum absolute atomic E-state index is 13.1. The third kappa shape index (κ3) is 3.91. The highest BCUT2D eigenvalue weighted by atomic mass is 35.5. The Bertz CT molecular complexity index is 992. The maximum Gasteiger partial charge on any atom is 0.251 e. The second-order valence-corrected chi connectivity index (χ2v) is 8.50. The quantitative estimate of drug-likeness (QED) is 0.843. The van der Waals surface area contributed by atoms with Crippen molar-refractivity contribution in [2.45, 2.75) is 13.0 Å². The normalized spacial score (nSPS) is 14.9. The third-order valence-electron chi connectivity index (χ3n) is 4.18. The van der Waals surface area contributed by atoms with Crippen LogP contribution in [0.3, 0.4) is 0 Å². The second-order valence-electron chi connectivity index (χ2n) is 6.20. The minimum atomic E-state index is -3.76. The molecule has 0 saturated carbocycles. The van der Waals surface area contributed by atoms with Crippen molar-refractivity contribution in [2.24, 2.45) is 0 Å². The van der Waals surface area contributed by atoms with Gasteiger partial charge in [-0.05, 0) is 43.3 Å². The Morgan fingerprint density at radius 2 is 1.81 bits per heavy atom. The van der Waals surface area contributed by atoms with E-state index in [1.807, 2.05) is 0 Å². The molecule has 2 aromatic carbocycles. The van der Waals surface area contributed by atoms with Crippen LogP contribution in [0.5, 0.6) is 0 Å². The number of nitrogens with one attached hydrogen (secondary N) is 1. The van der Waals surface area contributed by atoms with Gasteiger partial charge in [0.2, 0.25) is 15.9 Å². The fraction of sp³-hybridized carbons (Fsp3) is 0.222. The van der Waals surface area contributed by atoms with Crippen LogP contribution in [0.4, 0.5) is 17.1 Å². The minimum Gasteiger partial charge on any atom is -0.323 e. The predicted octanol–water partition coefficient (Wildman–Crippen LogP) is 2.48. The van der Waals surface area contributed by atoms with Gasteiger partial charge in [-0.1, -0.05) is 23.7 Å². The molecule has 9 heteroatoms. The summed E-state index contributed by atoms with van der Waals surface area (Å²) in [6, 6.07) is 12.0. The second kappa shape index (κ2) is 7.21. The average Bonchev–Trinajstić information content (AvgIpc) is 2.61. The van der Waals surface area contributed by atoms with Gasteiger partial charge in [0.25, 0.3) is 5.91 Å². The van der Waals surface area contributed by atoms with Crippen LogP contribution < -0.4 is 14.5 Å². The highest BCUT2D eigenvalue weighted by molar-refractivity contribution is 7.92. The van der Waals surface area contributed by atoms with Gasteiger partial charge in [-0.25, -0.2) is 8.42 Å². The van der Waals surface area contributed by atoms with Crippen LogP contribution >= 0.6 is 11.6 Å². The van der Waals surface area contributed by atoms with Crippen LogP contribution in [0.15, 0.2) is 48.5 Å². The van der Waals surface area contributed by atoms with Crippen molar-refractivity contribution >= 4 is 50.5 Å². The number of carbonyl (C=O) groups excluding carboxylic acids is 2. The molecule has 0 aromatic heterocycles. The Morgan fingerprint density at radius 3 is 2.44 bits per heavy atom. The molecular weight excluding hydrogens is 390 g/mol. The Hall–Kier alpha value is -2.58. The molecule has 1 atom stereocenters. The molecule has 2 aromatic rings. The number of rotatable bonds is 4. The van der Waals surface area contributed by atoms with E-state index in [4.69, 9.17) is 11.6 Å². The summed E-state index contributed by atoms with van der Waals surface area (Å²) in [7, 11) is -3.76. The number of para-hydroxylation sites is 2. The largest absolute Gasteiger partial charge is 0.323 e. The molecule has 0 spiro atoms. The molecular formula is C18H18ClN3O4S. The number of fused-ring (bicyclic) bond motifs is 1. The molecule has 27 heavy (non-hydrogen) atoms. The highest BCUT2D eigenvalue weighted by Gasteiger charge is 2.35. The number of hydrogen-bond donors (Lipinski definition) is 1. The zero-order valence-corrected chi connectivity index (χ0v) is 16.3. The van der Waals surface area contributed by atoms with E-state index in [-0.39, 0.29) is 12.5 Å².